The summed E-state index contributed by atoms with van der Waals surface area (Å²) in [4.78, 5) is 23.4. The predicted octanol–water partition coefficient (Wildman–Crippen LogP) is 1.67. The van der Waals surface area contributed by atoms with Crippen molar-refractivity contribution in [3.05, 3.63) is 48.4 Å². The summed E-state index contributed by atoms with van der Waals surface area (Å²) in [7, 11) is -2.22. The first-order chi connectivity index (χ1) is 13.4. The van der Waals surface area contributed by atoms with Crippen molar-refractivity contribution in [2.75, 3.05) is 25.6 Å². The second kappa shape index (κ2) is 10.6. The lowest BCUT2D eigenvalue weighted by atomic mass is 10.2. The average Bonchev–Trinajstić information content (AvgIpc) is 3.19. The van der Waals surface area contributed by atoms with E-state index in [9.17, 15) is 18.0 Å². The molecule has 2 N–H and O–H groups in total. The number of sulfonamides is 1. The van der Waals surface area contributed by atoms with Crippen molar-refractivity contribution in [2.24, 2.45) is 0 Å². The van der Waals surface area contributed by atoms with Crippen molar-refractivity contribution in [1.29, 1.82) is 0 Å². The molecule has 0 saturated heterocycles. The first kappa shape index (κ1) is 21.6. The summed E-state index contributed by atoms with van der Waals surface area (Å²) >= 11 is 0. The first-order valence-corrected chi connectivity index (χ1v) is 9.95. The molecule has 0 aliphatic heterocycles. The van der Waals surface area contributed by atoms with Gasteiger partial charge in [-0.15, -0.1) is 0 Å². The zero-order chi connectivity index (χ0) is 20.4. The van der Waals surface area contributed by atoms with E-state index in [1.807, 2.05) is 0 Å². The van der Waals surface area contributed by atoms with Gasteiger partial charge in [0.25, 0.3) is 0 Å². The van der Waals surface area contributed by atoms with Crippen LogP contribution in [-0.2, 0) is 35.6 Å². The van der Waals surface area contributed by atoms with Gasteiger partial charge in [-0.1, -0.05) is 0 Å². The lowest BCUT2D eigenvalue weighted by Crippen LogP contribution is -2.23. The second-order valence-electron chi connectivity index (χ2n) is 5.69. The highest BCUT2D eigenvalue weighted by Crippen LogP contribution is 2.15. The van der Waals surface area contributed by atoms with E-state index in [2.05, 4.69) is 10.0 Å². The van der Waals surface area contributed by atoms with Gasteiger partial charge < -0.3 is 19.2 Å². The molecule has 152 valence electrons. The standard InChI is InChI=1S/C18H22N2O7S/c1-25-11-12-27-18(22)9-8-17(21)20-14-4-6-16(7-5-14)28(23,24)19-13-15-3-2-10-26-15/h2-7,10,19H,8-9,11-13H2,1H3,(H,20,21). The molecule has 10 heteroatoms. The summed E-state index contributed by atoms with van der Waals surface area (Å²) in [6.07, 6.45) is 1.36. The fourth-order valence-electron chi connectivity index (χ4n) is 2.13. The zero-order valence-electron chi connectivity index (χ0n) is 15.3. The Morgan fingerprint density at radius 1 is 1.07 bits per heavy atom. The van der Waals surface area contributed by atoms with Gasteiger partial charge in [0.2, 0.25) is 15.9 Å². The van der Waals surface area contributed by atoms with Crippen LogP contribution in [0.3, 0.4) is 0 Å². The Balaban J connectivity index is 1.81. The number of anilines is 1. The van der Waals surface area contributed by atoms with Crippen LogP contribution < -0.4 is 10.0 Å². The molecule has 0 radical (unpaired) electrons. The van der Waals surface area contributed by atoms with Crippen molar-refractivity contribution >= 4 is 27.6 Å². The molecule has 0 bridgehead atoms. The quantitative estimate of drug-likeness (QED) is 0.426. The third-order valence-electron chi connectivity index (χ3n) is 3.57. The van der Waals surface area contributed by atoms with Crippen molar-refractivity contribution in [2.45, 2.75) is 24.3 Å². The second-order valence-corrected chi connectivity index (χ2v) is 7.46. The van der Waals surface area contributed by atoms with Crippen molar-refractivity contribution in [3.8, 4) is 0 Å². The van der Waals surface area contributed by atoms with Crippen LogP contribution in [0, 0.1) is 0 Å². The largest absolute Gasteiger partial charge is 0.468 e. The van der Waals surface area contributed by atoms with Gasteiger partial charge in [-0.3, -0.25) is 9.59 Å². The van der Waals surface area contributed by atoms with E-state index < -0.39 is 16.0 Å². The minimum atomic E-state index is -3.71. The molecule has 2 aromatic rings. The molecule has 0 saturated carbocycles. The SMILES string of the molecule is COCCOC(=O)CCC(=O)Nc1ccc(S(=O)(=O)NCc2ccco2)cc1. The molecule has 1 heterocycles. The minimum Gasteiger partial charge on any atom is -0.468 e. The van der Waals surface area contributed by atoms with Crippen molar-refractivity contribution in [3.63, 3.8) is 0 Å². The van der Waals surface area contributed by atoms with E-state index >= 15 is 0 Å². The van der Waals surface area contributed by atoms with Gasteiger partial charge in [-0.2, -0.15) is 0 Å². The number of amides is 1. The summed E-state index contributed by atoms with van der Waals surface area (Å²) in [6, 6.07) is 9.01. The molecule has 0 aliphatic rings. The topological polar surface area (TPSA) is 124 Å². The van der Waals surface area contributed by atoms with E-state index in [0.717, 1.165) is 0 Å². The molecule has 0 aliphatic carbocycles. The summed E-state index contributed by atoms with van der Waals surface area (Å²) < 4.78 is 41.6. The molecule has 0 spiro atoms. The van der Waals surface area contributed by atoms with Gasteiger partial charge in [0.1, 0.15) is 12.4 Å². The van der Waals surface area contributed by atoms with E-state index in [1.165, 1.54) is 37.6 Å². The number of methoxy groups -OCH3 is 1. The molecular formula is C18H22N2O7S. The molecule has 0 atom stereocenters. The monoisotopic (exact) mass is 410 g/mol. The molecule has 1 aromatic heterocycles. The van der Waals surface area contributed by atoms with Gasteiger partial charge in [-0.25, -0.2) is 13.1 Å². The van der Waals surface area contributed by atoms with Crippen LogP contribution in [0.2, 0.25) is 0 Å². The van der Waals surface area contributed by atoms with Gasteiger partial charge in [0, 0.05) is 19.2 Å². The molecule has 1 amide bonds. The summed E-state index contributed by atoms with van der Waals surface area (Å²) in [6.45, 7) is 0.471. The zero-order valence-corrected chi connectivity index (χ0v) is 16.2. The number of benzene rings is 1. The third-order valence-corrected chi connectivity index (χ3v) is 4.99. The van der Waals surface area contributed by atoms with Crippen molar-refractivity contribution < 1.29 is 31.9 Å². The van der Waals surface area contributed by atoms with Crippen LogP contribution in [0.1, 0.15) is 18.6 Å². The Bertz CT molecular complexity index is 862. The van der Waals surface area contributed by atoms with Gasteiger partial charge >= 0.3 is 5.97 Å². The Morgan fingerprint density at radius 2 is 1.82 bits per heavy atom. The minimum absolute atomic E-state index is 0.0360. The first-order valence-electron chi connectivity index (χ1n) is 8.47. The maximum absolute atomic E-state index is 12.2. The van der Waals surface area contributed by atoms with Crippen LogP contribution in [0.5, 0.6) is 0 Å². The number of hydrogen-bond acceptors (Lipinski definition) is 7. The lowest BCUT2D eigenvalue weighted by Gasteiger charge is -2.08. The van der Waals surface area contributed by atoms with E-state index in [0.29, 0.717) is 18.1 Å². The number of nitrogens with one attached hydrogen (secondary N) is 2. The highest BCUT2D eigenvalue weighted by atomic mass is 32.2. The number of furan rings is 1. The summed E-state index contributed by atoms with van der Waals surface area (Å²) in [5, 5.41) is 2.60. The van der Waals surface area contributed by atoms with Gasteiger partial charge in [0.15, 0.2) is 0 Å². The third kappa shape index (κ3) is 7.14. The van der Waals surface area contributed by atoms with E-state index in [1.54, 1.807) is 12.1 Å². The number of ether oxygens (including phenoxy) is 2. The number of rotatable bonds is 11. The molecule has 0 fully saturated rings. The van der Waals surface area contributed by atoms with Crippen LogP contribution in [0.15, 0.2) is 52.0 Å². The number of hydrogen-bond donors (Lipinski definition) is 2. The maximum Gasteiger partial charge on any atom is 0.306 e. The van der Waals surface area contributed by atoms with E-state index in [-0.39, 0.29) is 36.8 Å². The summed E-state index contributed by atoms with van der Waals surface area (Å²) in [5.41, 5.74) is 0.419. The fraction of sp³-hybridized carbons (Fsp3) is 0.333. The highest BCUT2D eigenvalue weighted by Gasteiger charge is 2.15. The normalized spacial score (nSPS) is 11.2. The van der Waals surface area contributed by atoms with Crippen LogP contribution in [-0.4, -0.2) is 40.6 Å². The predicted molar refractivity (Wildman–Crippen MR) is 99.9 cm³/mol. The number of esters is 1. The number of carbonyl (C=O) groups excluding carboxylic acids is 2. The molecule has 28 heavy (non-hydrogen) atoms. The van der Waals surface area contributed by atoms with Crippen LogP contribution in [0.25, 0.3) is 0 Å². The fourth-order valence-corrected chi connectivity index (χ4v) is 3.12. The Hall–Kier alpha value is -2.69. The average molecular weight is 410 g/mol. The maximum atomic E-state index is 12.2. The van der Waals surface area contributed by atoms with Gasteiger partial charge in [-0.05, 0) is 36.4 Å². The molecule has 2 rings (SSSR count). The molecule has 1 aromatic carbocycles. The Kier molecular flexibility index (Phi) is 8.18. The van der Waals surface area contributed by atoms with Crippen LogP contribution >= 0.6 is 0 Å². The summed E-state index contributed by atoms with van der Waals surface area (Å²) in [5.74, 6) is -0.375. The van der Waals surface area contributed by atoms with Crippen molar-refractivity contribution in [1.82, 2.24) is 4.72 Å². The molecule has 0 unspecified atom stereocenters. The smallest absolute Gasteiger partial charge is 0.306 e. The lowest BCUT2D eigenvalue weighted by molar-refractivity contribution is -0.145. The Labute approximate surface area is 163 Å². The van der Waals surface area contributed by atoms with Crippen LogP contribution in [0.4, 0.5) is 5.69 Å². The highest BCUT2D eigenvalue weighted by molar-refractivity contribution is 7.89. The molecular weight excluding hydrogens is 388 g/mol. The van der Waals surface area contributed by atoms with E-state index in [4.69, 9.17) is 13.9 Å². The molecule has 9 nitrogen and oxygen atoms in total. The Morgan fingerprint density at radius 3 is 2.46 bits per heavy atom. The van der Waals surface area contributed by atoms with Gasteiger partial charge in [0.05, 0.1) is 30.7 Å². The number of carbonyl (C=O) groups is 2.